The Morgan fingerprint density at radius 3 is 2.06 bits per heavy atom. The van der Waals surface area contributed by atoms with Crippen LogP contribution in [0.3, 0.4) is 0 Å². The molecule has 0 aliphatic heterocycles. The molecule has 0 aromatic heterocycles. The first-order valence-corrected chi connectivity index (χ1v) is 13.5. The molecule has 0 nitrogen and oxygen atoms in total. The average Bonchev–Trinajstić information content (AvgIpc) is 3.18. The third-order valence-corrected chi connectivity index (χ3v) is 7.72. The van der Waals surface area contributed by atoms with Crippen molar-refractivity contribution in [3.05, 3.63) is 81.3 Å². The number of hydrogen-bond acceptors (Lipinski definition) is 0. The van der Waals surface area contributed by atoms with Crippen LogP contribution in [0.15, 0.2) is 59.1 Å². The van der Waals surface area contributed by atoms with Crippen LogP contribution in [0, 0.1) is 0 Å². The minimum Gasteiger partial charge on any atom is -0.0654 e. The van der Waals surface area contributed by atoms with Crippen LogP contribution in [-0.2, 0) is 19.3 Å². The van der Waals surface area contributed by atoms with Crippen LogP contribution < -0.4 is 0 Å². The first kappa shape index (κ1) is 23.3. The lowest BCUT2D eigenvalue weighted by molar-refractivity contribution is 0.663. The third-order valence-electron chi connectivity index (χ3n) is 6.98. The van der Waals surface area contributed by atoms with Gasteiger partial charge < -0.3 is 0 Å². The fourth-order valence-corrected chi connectivity index (χ4v) is 5.69. The number of rotatable bonds is 11. The minimum atomic E-state index is 1.07. The second kappa shape index (κ2) is 11.3. The van der Waals surface area contributed by atoms with Gasteiger partial charge in [-0.2, -0.15) is 0 Å². The highest BCUT2D eigenvalue weighted by atomic mass is 79.9. The molecule has 168 valence electrons. The van der Waals surface area contributed by atoms with E-state index in [9.17, 15) is 0 Å². The quantitative estimate of drug-likeness (QED) is 0.184. The van der Waals surface area contributed by atoms with Gasteiger partial charge in [0.05, 0.1) is 0 Å². The molecule has 0 bridgehead atoms. The molecule has 1 heteroatoms. The first-order chi connectivity index (χ1) is 15.7. The van der Waals surface area contributed by atoms with Gasteiger partial charge in [-0.05, 0) is 94.8 Å². The first-order valence-electron chi connectivity index (χ1n) is 12.7. The lowest BCUT2D eigenvalue weighted by Gasteiger charge is -2.16. The zero-order chi connectivity index (χ0) is 22.3. The maximum Gasteiger partial charge on any atom is 0.0210 e. The molecule has 0 radical (unpaired) electrons. The van der Waals surface area contributed by atoms with Crippen LogP contribution in [0.5, 0.6) is 0 Å². The van der Waals surface area contributed by atoms with E-state index in [0.29, 0.717) is 0 Å². The van der Waals surface area contributed by atoms with Crippen LogP contribution in [0.1, 0.15) is 87.5 Å². The summed E-state index contributed by atoms with van der Waals surface area (Å²) in [5.74, 6) is 0. The summed E-state index contributed by atoms with van der Waals surface area (Å²) in [4.78, 5) is 0. The van der Waals surface area contributed by atoms with Crippen LogP contribution in [0.2, 0.25) is 0 Å². The van der Waals surface area contributed by atoms with Gasteiger partial charge >= 0.3 is 0 Å². The van der Waals surface area contributed by atoms with Gasteiger partial charge in [0, 0.05) is 4.47 Å². The molecule has 0 heterocycles. The minimum absolute atomic E-state index is 1.07. The second-order valence-electron chi connectivity index (χ2n) is 9.43. The van der Waals surface area contributed by atoms with Crippen molar-refractivity contribution in [3.8, 4) is 22.3 Å². The van der Waals surface area contributed by atoms with Crippen molar-refractivity contribution in [3.63, 3.8) is 0 Å². The molecular weight excluding hydrogens is 452 g/mol. The van der Waals surface area contributed by atoms with Crippen molar-refractivity contribution in [2.75, 3.05) is 0 Å². The van der Waals surface area contributed by atoms with Gasteiger partial charge in [-0.3, -0.25) is 0 Å². The van der Waals surface area contributed by atoms with Gasteiger partial charge in [0.15, 0.2) is 0 Å². The van der Waals surface area contributed by atoms with Crippen LogP contribution in [0.25, 0.3) is 22.3 Å². The fourth-order valence-electron chi connectivity index (χ4n) is 5.10. The Morgan fingerprint density at radius 2 is 1.31 bits per heavy atom. The summed E-state index contributed by atoms with van der Waals surface area (Å²) in [7, 11) is 0. The zero-order valence-corrected chi connectivity index (χ0v) is 21.4. The molecular formula is C31H37Br. The van der Waals surface area contributed by atoms with E-state index in [4.69, 9.17) is 0 Å². The SMILES string of the molecule is CCCCCCc1cc(-c2ccc3c(c2)-c2ccccc2C3)c(CCCCCC)cc1Br. The van der Waals surface area contributed by atoms with E-state index in [1.165, 1.54) is 100 Å². The lowest BCUT2D eigenvalue weighted by atomic mass is 9.90. The molecule has 4 rings (SSSR count). The molecule has 1 aliphatic rings. The molecule has 32 heavy (non-hydrogen) atoms. The van der Waals surface area contributed by atoms with Gasteiger partial charge in [0.1, 0.15) is 0 Å². The molecule has 3 aromatic rings. The van der Waals surface area contributed by atoms with E-state index in [2.05, 4.69) is 84.4 Å². The molecule has 0 spiro atoms. The number of fused-ring (bicyclic) bond motifs is 3. The van der Waals surface area contributed by atoms with E-state index in [1.807, 2.05) is 0 Å². The average molecular weight is 490 g/mol. The van der Waals surface area contributed by atoms with Gasteiger partial charge in [-0.25, -0.2) is 0 Å². The van der Waals surface area contributed by atoms with Crippen molar-refractivity contribution >= 4 is 15.9 Å². The van der Waals surface area contributed by atoms with Crippen LogP contribution in [-0.4, -0.2) is 0 Å². The third kappa shape index (κ3) is 5.37. The number of aryl methyl sites for hydroxylation is 2. The van der Waals surface area contributed by atoms with Crippen molar-refractivity contribution < 1.29 is 0 Å². The van der Waals surface area contributed by atoms with Gasteiger partial charge in [-0.1, -0.05) is 105 Å². The number of hydrogen-bond donors (Lipinski definition) is 0. The van der Waals surface area contributed by atoms with E-state index in [-0.39, 0.29) is 0 Å². The molecule has 0 atom stereocenters. The number of halogens is 1. The predicted octanol–water partition coefficient (Wildman–Crippen LogP) is 9.93. The summed E-state index contributed by atoms with van der Waals surface area (Å²) >= 11 is 3.92. The molecule has 0 saturated carbocycles. The molecule has 3 aromatic carbocycles. The molecule has 0 amide bonds. The fraction of sp³-hybridized carbons (Fsp3) is 0.419. The van der Waals surface area contributed by atoms with Gasteiger partial charge in [0.2, 0.25) is 0 Å². The molecule has 0 unspecified atom stereocenters. The predicted molar refractivity (Wildman–Crippen MR) is 144 cm³/mol. The Labute approximate surface area is 203 Å². The number of unbranched alkanes of at least 4 members (excludes halogenated alkanes) is 6. The van der Waals surface area contributed by atoms with E-state index in [0.717, 1.165) is 19.3 Å². The summed E-state index contributed by atoms with van der Waals surface area (Å²) in [6.07, 6.45) is 13.9. The van der Waals surface area contributed by atoms with E-state index >= 15 is 0 Å². The summed E-state index contributed by atoms with van der Waals surface area (Å²) in [5.41, 5.74) is 11.6. The van der Waals surface area contributed by atoms with Crippen molar-refractivity contribution in [2.24, 2.45) is 0 Å². The van der Waals surface area contributed by atoms with Crippen molar-refractivity contribution in [1.82, 2.24) is 0 Å². The highest BCUT2D eigenvalue weighted by molar-refractivity contribution is 9.10. The molecule has 0 N–H and O–H groups in total. The highest BCUT2D eigenvalue weighted by Gasteiger charge is 2.19. The van der Waals surface area contributed by atoms with Gasteiger partial charge in [0.25, 0.3) is 0 Å². The highest BCUT2D eigenvalue weighted by Crippen LogP contribution is 2.40. The van der Waals surface area contributed by atoms with Crippen LogP contribution in [0.4, 0.5) is 0 Å². The number of benzene rings is 3. The maximum absolute atomic E-state index is 3.92. The van der Waals surface area contributed by atoms with Crippen molar-refractivity contribution in [1.29, 1.82) is 0 Å². The smallest absolute Gasteiger partial charge is 0.0210 e. The van der Waals surface area contributed by atoms with Crippen molar-refractivity contribution in [2.45, 2.75) is 84.5 Å². The molecule has 0 fully saturated rings. The maximum atomic E-state index is 3.92. The summed E-state index contributed by atoms with van der Waals surface area (Å²) in [6, 6.07) is 21.0. The molecule has 1 aliphatic carbocycles. The Bertz CT molecular complexity index is 1050. The second-order valence-corrected chi connectivity index (χ2v) is 10.3. The van der Waals surface area contributed by atoms with E-state index < -0.39 is 0 Å². The Morgan fingerprint density at radius 1 is 0.625 bits per heavy atom. The monoisotopic (exact) mass is 488 g/mol. The standard InChI is InChI=1S/C31H37Br/c1-3-5-7-9-13-24-22-31(32)27(15-10-8-6-4-2)21-29(24)26-18-17-25-19-23-14-11-12-16-28(23)30(25)20-26/h11-12,14,16-18,20-22H,3-10,13,15,19H2,1-2H3. The molecule has 0 saturated heterocycles. The summed E-state index contributed by atoms with van der Waals surface area (Å²) in [5, 5.41) is 0. The van der Waals surface area contributed by atoms with E-state index in [1.54, 1.807) is 0 Å². The normalized spacial score (nSPS) is 12.1. The topological polar surface area (TPSA) is 0 Å². The zero-order valence-electron chi connectivity index (χ0n) is 19.9. The summed E-state index contributed by atoms with van der Waals surface area (Å²) < 4.78 is 1.30. The van der Waals surface area contributed by atoms with Gasteiger partial charge in [-0.15, -0.1) is 0 Å². The Kier molecular flexibility index (Phi) is 8.25. The Hall–Kier alpha value is -1.86. The Balaban J connectivity index is 1.67. The summed E-state index contributed by atoms with van der Waals surface area (Å²) in [6.45, 7) is 4.57. The van der Waals surface area contributed by atoms with Crippen LogP contribution >= 0.6 is 15.9 Å². The largest absolute Gasteiger partial charge is 0.0654 e. The lowest BCUT2D eigenvalue weighted by Crippen LogP contribution is -1.97.